The quantitative estimate of drug-likeness (QED) is 0.175. The lowest BCUT2D eigenvalue weighted by Crippen LogP contribution is -2.00. The number of benzene rings is 6. The van der Waals surface area contributed by atoms with Crippen molar-refractivity contribution in [1.29, 1.82) is 0 Å². The fourth-order valence-corrected chi connectivity index (χ4v) is 8.21. The van der Waals surface area contributed by atoms with E-state index in [-0.39, 0.29) is 0 Å². The Kier molecular flexibility index (Phi) is 7.40. The molecular formula is C46H31N5S. The van der Waals surface area contributed by atoms with Gasteiger partial charge in [0.15, 0.2) is 17.5 Å². The zero-order chi connectivity index (χ0) is 34.4. The summed E-state index contributed by atoms with van der Waals surface area (Å²) >= 11 is 1.75. The van der Waals surface area contributed by atoms with Gasteiger partial charge in [-0.05, 0) is 84.2 Å². The van der Waals surface area contributed by atoms with Crippen LogP contribution in [0.2, 0.25) is 0 Å². The first kappa shape index (κ1) is 30.3. The van der Waals surface area contributed by atoms with Crippen molar-refractivity contribution in [2.24, 2.45) is 0 Å². The average Bonchev–Trinajstić information content (AvgIpc) is 3.81. The summed E-state index contributed by atoms with van der Waals surface area (Å²) in [5.74, 6) is 1.94. The normalized spacial score (nSPS) is 13.1. The third-order valence-corrected chi connectivity index (χ3v) is 10.9. The standard InChI is InChI=1S/C46H31N5S/c1-4-13-30(14-5-1)43-48-44(31-15-6-2-7-16-31)50-45(49-43)34-24-26-42-39(29-34)47-46(52-42)35-18-12-17-32(27-35)33-23-25-41-38(28-33)37-21-10-11-22-40(37)51(41)36-19-8-3-9-20-36/h1-11,13-17,19-29H,12,18H2. The fourth-order valence-electron chi connectivity index (χ4n) is 7.22. The van der Waals surface area contributed by atoms with E-state index >= 15 is 0 Å². The van der Waals surface area contributed by atoms with Gasteiger partial charge in [-0.2, -0.15) is 0 Å². The Balaban J connectivity index is 1.01. The summed E-state index contributed by atoms with van der Waals surface area (Å²) in [5, 5.41) is 3.58. The molecule has 246 valence electrons. The summed E-state index contributed by atoms with van der Waals surface area (Å²) < 4.78 is 3.51. The van der Waals surface area contributed by atoms with E-state index in [2.05, 4.69) is 108 Å². The zero-order valence-corrected chi connectivity index (χ0v) is 29.0. The number of allylic oxidation sites excluding steroid dienone is 4. The van der Waals surface area contributed by atoms with Gasteiger partial charge in [0.25, 0.3) is 0 Å². The first-order valence-corrected chi connectivity index (χ1v) is 18.3. The molecule has 0 amide bonds. The molecule has 0 atom stereocenters. The SMILES string of the molecule is C1=C(c2ccc3c(c2)c2ccccc2n3-c2ccccc2)C=C(c2nc3cc(-c4nc(-c5ccccc5)nc(-c5ccccc5)n4)ccc3s2)CC1. The second-order valence-electron chi connectivity index (χ2n) is 13.0. The Morgan fingerprint density at radius 3 is 1.85 bits per heavy atom. The molecule has 52 heavy (non-hydrogen) atoms. The maximum atomic E-state index is 5.19. The molecule has 0 saturated carbocycles. The molecule has 0 N–H and O–H groups in total. The molecule has 0 aliphatic heterocycles. The monoisotopic (exact) mass is 685 g/mol. The third kappa shape index (κ3) is 5.41. The molecule has 1 aliphatic rings. The van der Waals surface area contributed by atoms with Crippen molar-refractivity contribution in [1.82, 2.24) is 24.5 Å². The molecule has 5 nitrogen and oxygen atoms in total. The molecular weight excluding hydrogens is 655 g/mol. The van der Waals surface area contributed by atoms with Gasteiger partial charge in [0.05, 0.1) is 21.3 Å². The summed E-state index contributed by atoms with van der Waals surface area (Å²) in [6.07, 6.45) is 6.63. The van der Waals surface area contributed by atoms with Crippen molar-refractivity contribution in [2.75, 3.05) is 0 Å². The summed E-state index contributed by atoms with van der Waals surface area (Å²) in [7, 11) is 0. The molecule has 10 rings (SSSR count). The Labute approximate surface area is 305 Å². The predicted molar refractivity (Wildman–Crippen MR) is 215 cm³/mol. The van der Waals surface area contributed by atoms with Crippen molar-refractivity contribution in [3.63, 3.8) is 0 Å². The molecule has 3 heterocycles. The number of para-hydroxylation sites is 2. The third-order valence-electron chi connectivity index (χ3n) is 9.75. The Morgan fingerprint density at radius 1 is 0.500 bits per heavy atom. The number of thiazole rings is 1. The van der Waals surface area contributed by atoms with Gasteiger partial charge < -0.3 is 4.57 Å². The van der Waals surface area contributed by atoms with Gasteiger partial charge in [-0.1, -0.05) is 109 Å². The number of nitrogens with zero attached hydrogens (tertiary/aromatic N) is 5. The van der Waals surface area contributed by atoms with Crippen molar-refractivity contribution in [3.05, 3.63) is 174 Å². The van der Waals surface area contributed by atoms with Crippen LogP contribution in [-0.4, -0.2) is 24.5 Å². The van der Waals surface area contributed by atoms with Gasteiger partial charge in [0, 0.05) is 33.2 Å². The van der Waals surface area contributed by atoms with Crippen LogP contribution in [0.15, 0.2) is 164 Å². The van der Waals surface area contributed by atoms with Crippen LogP contribution >= 0.6 is 11.3 Å². The lowest BCUT2D eigenvalue weighted by Gasteiger charge is -2.13. The zero-order valence-electron chi connectivity index (χ0n) is 28.1. The number of hydrogen-bond donors (Lipinski definition) is 0. The van der Waals surface area contributed by atoms with E-state index in [1.165, 1.54) is 44.2 Å². The van der Waals surface area contributed by atoms with Crippen molar-refractivity contribution in [2.45, 2.75) is 12.8 Å². The Morgan fingerprint density at radius 2 is 1.12 bits per heavy atom. The Hall–Kier alpha value is -6.50. The summed E-state index contributed by atoms with van der Waals surface area (Å²) in [6.45, 7) is 0. The maximum absolute atomic E-state index is 5.19. The van der Waals surface area contributed by atoms with E-state index in [4.69, 9.17) is 19.9 Å². The van der Waals surface area contributed by atoms with Crippen LogP contribution in [0.3, 0.4) is 0 Å². The minimum absolute atomic E-state index is 0.635. The van der Waals surface area contributed by atoms with Gasteiger partial charge in [0.2, 0.25) is 0 Å². The lowest BCUT2D eigenvalue weighted by atomic mass is 9.94. The van der Waals surface area contributed by atoms with Crippen LogP contribution in [-0.2, 0) is 0 Å². The van der Waals surface area contributed by atoms with E-state index in [1.54, 1.807) is 11.3 Å². The number of fused-ring (bicyclic) bond motifs is 4. The summed E-state index contributed by atoms with van der Waals surface area (Å²) in [5.41, 5.74) is 11.1. The van der Waals surface area contributed by atoms with E-state index in [0.29, 0.717) is 17.5 Å². The topological polar surface area (TPSA) is 56.5 Å². The molecule has 6 heteroatoms. The van der Waals surface area contributed by atoms with E-state index < -0.39 is 0 Å². The fraction of sp³-hybridized carbons (Fsp3) is 0.0435. The number of aromatic nitrogens is 5. The molecule has 0 unspecified atom stereocenters. The molecule has 9 aromatic rings. The summed E-state index contributed by atoms with van der Waals surface area (Å²) in [4.78, 5) is 19.9. The van der Waals surface area contributed by atoms with Gasteiger partial charge in [-0.15, -0.1) is 11.3 Å². The number of rotatable bonds is 6. The second kappa shape index (κ2) is 12.7. The molecule has 0 spiro atoms. The highest BCUT2D eigenvalue weighted by Crippen LogP contribution is 2.39. The van der Waals surface area contributed by atoms with E-state index in [9.17, 15) is 0 Å². The number of hydrogen-bond acceptors (Lipinski definition) is 5. The van der Waals surface area contributed by atoms with Crippen molar-refractivity contribution in [3.8, 4) is 39.9 Å². The van der Waals surface area contributed by atoms with E-state index in [0.717, 1.165) is 44.8 Å². The van der Waals surface area contributed by atoms with Crippen LogP contribution in [0.4, 0.5) is 0 Å². The van der Waals surface area contributed by atoms with Crippen molar-refractivity contribution < 1.29 is 0 Å². The van der Waals surface area contributed by atoms with Gasteiger partial charge in [-0.25, -0.2) is 19.9 Å². The molecule has 0 bridgehead atoms. The first-order valence-electron chi connectivity index (χ1n) is 17.5. The largest absolute Gasteiger partial charge is 0.309 e. The van der Waals surface area contributed by atoms with Gasteiger partial charge >= 0.3 is 0 Å². The van der Waals surface area contributed by atoms with Gasteiger partial charge in [0.1, 0.15) is 5.01 Å². The highest BCUT2D eigenvalue weighted by molar-refractivity contribution is 7.19. The van der Waals surface area contributed by atoms with Crippen LogP contribution in [0, 0.1) is 0 Å². The summed E-state index contributed by atoms with van der Waals surface area (Å²) in [6, 6.07) is 52.7. The predicted octanol–water partition coefficient (Wildman–Crippen LogP) is 11.8. The maximum Gasteiger partial charge on any atom is 0.164 e. The van der Waals surface area contributed by atoms with Crippen LogP contribution in [0.1, 0.15) is 23.4 Å². The Bertz CT molecular complexity index is 2770. The molecule has 6 aromatic carbocycles. The second-order valence-corrected chi connectivity index (χ2v) is 14.1. The van der Waals surface area contributed by atoms with Crippen LogP contribution in [0.5, 0.6) is 0 Å². The highest BCUT2D eigenvalue weighted by atomic mass is 32.1. The molecule has 1 aliphatic carbocycles. The smallest absolute Gasteiger partial charge is 0.164 e. The molecule has 3 aromatic heterocycles. The van der Waals surface area contributed by atoms with Gasteiger partial charge in [-0.3, -0.25) is 0 Å². The molecule has 0 radical (unpaired) electrons. The van der Waals surface area contributed by atoms with Crippen LogP contribution < -0.4 is 0 Å². The minimum atomic E-state index is 0.635. The average molecular weight is 686 g/mol. The molecule has 0 fully saturated rings. The first-order chi connectivity index (χ1) is 25.7. The lowest BCUT2D eigenvalue weighted by molar-refractivity contribution is 1.05. The van der Waals surface area contributed by atoms with Crippen molar-refractivity contribution >= 4 is 54.5 Å². The molecule has 0 saturated heterocycles. The minimum Gasteiger partial charge on any atom is -0.309 e. The highest BCUT2D eigenvalue weighted by Gasteiger charge is 2.18. The van der Waals surface area contributed by atoms with Crippen LogP contribution in [0.25, 0.3) is 83.0 Å². The van der Waals surface area contributed by atoms with E-state index in [1.807, 2.05) is 60.7 Å².